The molecule has 0 spiro atoms. The van der Waals surface area contributed by atoms with Gasteiger partial charge in [0.15, 0.2) is 5.16 Å². The summed E-state index contributed by atoms with van der Waals surface area (Å²) in [5.74, 6) is 1.00. The molecule has 0 unspecified atom stereocenters. The molecule has 9 heteroatoms. The molecular weight excluding hydrogens is 368 g/mol. The van der Waals surface area contributed by atoms with E-state index in [1.165, 1.54) is 23.4 Å². The second-order valence-corrected chi connectivity index (χ2v) is 6.82. The molecule has 142 valence electrons. The van der Waals surface area contributed by atoms with Crippen LogP contribution in [0, 0.1) is 6.92 Å². The van der Waals surface area contributed by atoms with Crippen molar-refractivity contribution in [3.63, 3.8) is 0 Å². The zero-order chi connectivity index (χ0) is 19.6. The first kappa shape index (κ1) is 18.8. The molecule has 27 heavy (non-hydrogen) atoms. The highest BCUT2D eigenvalue weighted by Gasteiger charge is 2.14. The Morgan fingerprint density at radius 2 is 2.07 bits per heavy atom. The summed E-state index contributed by atoms with van der Waals surface area (Å²) in [6, 6.07) is 6.95. The van der Waals surface area contributed by atoms with Crippen LogP contribution >= 0.6 is 11.8 Å². The topological polar surface area (TPSA) is 98.2 Å². The number of rotatable bonds is 6. The van der Waals surface area contributed by atoms with Crippen LogP contribution in [0.2, 0.25) is 0 Å². The van der Waals surface area contributed by atoms with Gasteiger partial charge >= 0.3 is 0 Å². The van der Waals surface area contributed by atoms with Crippen LogP contribution in [0.5, 0.6) is 11.5 Å². The zero-order valence-electron chi connectivity index (χ0n) is 15.5. The standard InChI is InChI=1S/C18H20N4O4S/c1-10-7-13-16(19-10)17(24)22(2)18(21-13)27-9-15(23)20-12-6-5-11(25-3)8-14(12)26-4/h5-8,19H,9H2,1-4H3,(H,20,23). The van der Waals surface area contributed by atoms with Crippen LogP contribution in [0.3, 0.4) is 0 Å². The van der Waals surface area contributed by atoms with Crippen LogP contribution in [0.15, 0.2) is 34.2 Å². The normalized spacial score (nSPS) is 10.8. The summed E-state index contributed by atoms with van der Waals surface area (Å²) >= 11 is 1.19. The van der Waals surface area contributed by atoms with E-state index in [9.17, 15) is 9.59 Å². The Hall–Kier alpha value is -2.94. The van der Waals surface area contributed by atoms with Crippen LogP contribution in [-0.2, 0) is 11.8 Å². The molecule has 0 radical (unpaired) electrons. The minimum atomic E-state index is -0.233. The molecule has 2 aromatic heterocycles. The van der Waals surface area contributed by atoms with E-state index in [0.717, 1.165) is 5.69 Å². The zero-order valence-corrected chi connectivity index (χ0v) is 16.3. The van der Waals surface area contributed by atoms with Crippen molar-refractivity contribution in [2.45, 2.75) is 12.1 Å². The molecule has 0 aliphatic carbocycles. The number of aryl methyl sites for hydroxylation is 1. The van der Waals surface area contributed by atoms with Gasteiger partial charge in [0.25, 0.3) is 5.56 Å². The van der Waals surface area contributed by atoms with Gasteiger partial charge in [-0.05, 0) is 25.1 Å². The number of thioether (sulfide) groups is 1. The predicted octanol–water partition coefficient (Wildman–Crippen LogP) is 2.32. The van der Waals surface area contributed by atoms with Gasteiger partial charge in [0.1, 0.15) is 17.0 Å². The highest BCUT2D eigenvalue weighted by Crippen LogP contribution is 2.29. The molecule has 2 heterocycles. The fourth-order valence-corrected chi connectivity index (χ4v) is 3.38. The van der Waals surface area contributed by atoms with E-state index in [0.29, 0.717) is 33.4 Å². The van der Waals surface area contributed by atoms with Crippen molar-refractivity contribution in [3.8, 4) is 11.5 Å². The first-order valence-electron chi connectivity index (χ1n) is 8.14. The molecule has 2 N–H and O–H groups in total. The quantitative estimate of drug-likeness (QED) is 0.497. The van der Waals surface area contributed by atoms with E-state index in [1.807, 2.05) is 13.0 Å². The van der Waals surface area contributed by atoms with E-state index in [4.69, 9.17) is 9.47 Å². The van der Waals surface area contributed by atoms with Gasteiger partial charge in [-0.25, -0.2) is 4.98 Å². The van der Waals surface area contributed by atoms with Crippen molar-refractivity contribution in [1.29, 1.82) is 0 Å². The van der Waals surface area contributed by atoms with Crippen molar-refractivity contribution >= 4 is 34.4 Å². The molecular formula is C18H20N4O4S. The Bertz CT molecular complexity index is 1060. The highest BCUT2D eigenvalue weighted by molar-refractivity contribution is 7.99. The minimum Gasteiger partial charge on any atom is -0.497 e. The number of anilines is 1. The number of carbonyl (C=O) groups excluding carboxylic acids is 1. The molecule has 0 fully saturated rings. The number of nitrogens with zero attached hydrogens (tertiary/aromatic N) is 2. The third-order valence-corrected chi connectivity index (χ3v) is 5.00. The van der Waals surface area contributed by atoms with Gasteiger partial charge in [-0.15, -0.1) is 0 Å². The summed E-state index contributed by atoms with van der Waals surface area (Å²) < 4.78 is 11.9. The van der Waals surface area contributed by atoms with Gasteiger partial charge in [0.2, 0.25) is 5.91 Å². The number of carbonyl (C=O) groups is 1. The number of aromatic nitrogens is 3. The van der Waals surface area contributed by atoms with E-state index in [1.54, 1.807) is 32.4 Å². The molecule has 0 aliphatic rings. The molecule has 3 aromatic rings. The Balaban J connectivity index is 1.74. The first-order chi connectivity index (χ1) is 12.9. The largest absolute Gasteiger partial charge is 0.497 e. The number of nitrogens with one attached hydrogen (secondary N) is 2. The number of methoxy groups -OCH3 is 2. The minimum absolute atomic E-state index is 0.102. The smallest absolute Gasteiger partial charge is 0.278 e. The van der Waals surface area contributed by atoms with E-state index in [2.05, 4.69) is 15.3 Å². The van der Waals surface area contributed by atoms with Crippen LogP contribution in [0.4, 0.5) is 5.69 Å². The van der Waals surface area contributed by atoms with Gasteiger partial charge in [0.05, 0.1) is 31.2 Å². The summed E-state index contributed by atoms with van der Waals surface area (Å²) in [5.41, 5.74) is 2.29. The maximum absolute atomic E-state index is 12.4. The maximum Gasteiger partial charge on any atom is 0.278 e. The average molecular weight is 388 g/mol. The number of benzene rings is 1. The SMILES string of the molecule is COc1ccc(NC(=O)CSc2nc3cc(C)[nH]c3c(=O)n2C)c(OC)c1. The third kappa shape index (κ3) is 3.92. The molecule has 0 aliphatic heterocycles. The Morgan fingerprint density at radius 3 is 2.78 bits per heavy atom. The number of ether oxygens (including phenoxy) is 2. The Labute approximate surface area is 159 Å². The van der Waals surface area contributed by atoms with Gasteiger partial charge in [-0.3, -0.25) is 14.2 Å². The van der Waals surface area contributed by atoms with Crippen LogP contribution in [-0.4, -0.2) is 40.4 Å². The van der Waals surface area contributed by atoms with Crippen LogP contribution in [0.25, 0.3) is 11.0 Å². The summed E-state index contributed by atoms with van der Waals surface area (Å²) in [7, 11) is 4.72. The lowest BCUT2D eigenvalue weighted by Gasteiger charge is -2.12. The maximum atomic E-state index is 12.4. The number of hydrogen-bond donors (Lipinski definition) is 2. The molecule has 1 aromatic carbocycles. The van der Waals surface area contributed by atoms with Crippen LogP contribution < -0.4 is 20.3 Å². The van der Waals surface area contributed by atoms with E-state index < -0.39 is 0 Å². The second kappa shape index (κ2) is 7.75. The molecule has 0 saturated carbocycles. The average Bonchev–Trinajstić information content (AvgIpc) is 3.04. The lowest BCUT2D eigenvalue weighted by molar-refractivity contribution is -0.113. The number of aromatic amines is 1. The van der Waals surface area contributed by atoms with E-state index >= 15 is 0 Å². The highest BCUT2D eigenvalue weighted by atomic mass is 32.2. The van der Waals surface area contributed by atoms with Gasteiger partial charge in [-0.1, -0.05) is 11.8 Å². The summed E-state index contributed by atoms with van der Waals surface area (Å²) in [5, 5.41) is 3.27. The summed E-state index contributed by atoms with van der Waals surface area (Å²) in [6.07, 6.45) is 0. The molecule has 0 saturated heterocycles. The van der Waals surface area contributed by atoms with Gasteiger partial charge in [0, 0.05) is 18.8 Å². The summed E-state index contributed by atoms with van der Waals surface area (Å²) in [4.78, 5) is 32.2. The van der Waals surface area contributed by atoms with Crippen molar-refractivity contribution < 1.29 is 14.3 Å². The first-order valence-corrected chi connectivity index (χ1v) is 9.12. The second-order valence-electron chi connectivity index (χ2n) is 5.87. The fourth-order valence-electron chi connectivity index (χ4n) is 2.61. The monoisotopic (exact) mass is 388 g/mol. The molecule has 3 rings (SSSR count). The number of hydrogen-bond acceptors (Lipinski definition) is 6. The van der Waals surface area contributed by atoms with Crippen molar-refractivity contribution in [3.05, 3.63) is 40.3 Å². The molecule has 8 nitrogen and oxygen atoms in total. The number of fused-ring (bicyclic) bond motifs is 1. The van der Waals surface area contributed by atoms with Crippen molar-refractivity contribution in [1.82, 2.24) is 14.5 Å². The number of H-pyrrole nitrogens is 1. The van der Waals surface area contributed by atoms with Gasteiger partial charge < -0.3 is 19.8 Å². The van der Waals surface area contributed by atoms with Crippen molar-refractivity contribution in [2.75, 3.05) is 25.3 Å². The van der Waals surface area contributed by atoms with Crippen LogP contribution in [0.1, 0.15) is 5.69 Å². The summed E-state index contributed by atoms with van der Waals surface area (Å²) in [6.45, 7) is 1.86. The lowest BCUT2D eigenvalue weighted by Crippen LogP contribution is -2.21. The van der Waals surface area contributed by atoms with Crippen molar-refractivity contribution in [2.24, 2.45) is 7.05 Å². The Morgan fingerprint density at radius 1 is 1.30 bits per heavy atom. The van der Waals surface area contributed by atoms with E-state index in [-0.39, 0.29) is 17.2 Å². The molecule has 0 bridgehead atoms. The Kier molecular flexibility index (Phi) is 5.41. The molecule has 0 atom stereocenters. The lowest BCUT2D eigenvalue weighted by atomic mass is 10.2. The molecule has 1 amide bonds. The van der Waals surface area contributed by atoms with Gasteiger partial charge in [-0.2, -0.15) is 0 Å². The predicted molar refractivity (Wildman–Crippen MR) is 105 cm³/mol. The number of amides is 1. The third-order valence-electron chi connectivity index (χ3n) is 3.97. The fraction of sp³-hybridized carbons (Fsp3) is 0.278.